The lowest BCUT2D eigenvalue weighted by atomic mass is 10.2. The van der Waals surface area contributed by atoms with Crippen molar-refractivity contribution in [3.8, 4) is 0 Å². The summed E-state index contributed by atoms with van der Waals surface area (Å²) in [5.74, 6) is 0.627. The largest absolute Gasteiger partial charge is 0.459 e. The standard InChI is InChI=1S/C13H16N2O3/c16-12(11-2-1-7-18-11)14-10-5-6-15(8-10)13(17)9-3-4-9/h1-2,7,9-10H,3-6,8H2,(H,14,16). The van der Waals surface area contributed by atoms with Gasteiger partial charge in [-0.25, -0.2) is 0 Å². The number of rotatable bonds is 3. The highest BCUT2D eigenvalue weighted by atomic mass is 16.3. The zero-order chi connectivity index (χ0) is 12.5. The molecule has 0 bridgehead atoms. The van der Waals surface area contributed by atoms with Gasteiger partial charge in [0.15, 0.2) is 5.76 Å². The maximum Gasteiger partial charge on any atom is 0.287 e. The van der Waals surface area contributed by atoms with Crippen LogP contribution in [0, 0.1) is 5.92 Å². The smallest absolute Gasteiger partial charge is 0.287 e. The first-order valence-corrected chi connectivity index (χ1v) is 6.37. The highest BCUT2D eigenvalue weighted by molar-refractivity contribution is 5.91. The van der Waals surface area contributed by atoms with Gasteiger partial charge in [-0.05, 0) is 31.4 Å². The summed E-state index contributed by atoms with van der Waals surface area (Å²) >= 11 is 0. The first-order chi connectivity index (χ1) is 8.74. The summed E-state index contributed by atoms with van der Waals surface area (Å²) in [7, 11) is 0. The van der Waals surface area contributed by atoms with Crippen LogP contribution in [-0.2, 0) is 4.79 Å². The summed E-state index contributed by atoms with van der Waals surface area (Å²) in [6.07, 6.45) is 4.36. The van der Waals surface area contributed by atoms with Crippen molar-refractivity contribution >= 4 is 11.8 Å². The Hall–Kier alpha value is -1.78. The van der Waals surface area contributed by atoms with Crippen LogP contribution in [0.15, 0.2) is 22.8 Å². The highest BCUT2D eigenvalue weighted by Gasteiger charge is 2.36. The van der Waals surface area contributed by atoms with E-state index < -0.39 is 0 Å². The van der Waals surface area contributed by atoms with Crippen LogP contribution < -0.4 is 5.32 Å². The summed E-state index contributed by atoms with van der Waals surface area (Å²) in [6.45, 7) is 1.38. The molecular formula is C13H16N2O3. The number of carbonyl (C=O) groups excluding carboxylic acids is 2. The normalized spacial score (nSPS) is 23.1. The van der Waals surface area contributed by atoms with E-state index in [1.165, 1.54) is 6.26 Å². The summed E-state index contributed by atoms with van der Waals surface area (Å²) in [5.41, 5.74) is 0. The lowest BCUT2D eigenvalue weighted by Crippen LogP contribution is -2.38. The fourth-order valence-electron chi connectivity index (χ4n) is 2.33. The predicted octanol–water partition coefficient (Wildman–Crippen LogP) is 1.02. The number of likely N-dealkylation sites (tertiary alicyclic amines) is 1. The van der Waals surface area contributed by atoms with E-state index in [0.717, 1.165) is 25.8 Å². The van der Waals surface area contributed by atoms with E-state index in [2.05, 4.69) is 5.32 Å². The number of furan rings is 1. The molecule has 1 aliphatic heterocycles. The number of hydrogen-bond donors (Lipinski definition) is 1. The number of amides is 2. The molecule has 1 saturated heterocycles. The molecule has 1 atom stereocenters. The van der Waals surface area contributed by atoms with Crippen molar-refractivity contribution in [3.05, 3.63) is 24.2 Å². The van der Waals surface area contributed by atoms with Gasteiger partial charge in [0.25, 0.3) is 5.91 Å². The van der Waals surface area contributed by atoms with Crippen LogP contribution in [0.2, 0.25) is 0 Å². The minimum Gasteiger partial charge on any atom is -0.459 e. The Morgan fingerprint density at radius 2 is 2.17 bits per heavy atom. The molecule has 1 N–H and O–H groups in total. The van der Waals surface area contributed by atoms with E-state index in [9.17, 15) is 9.59 Å². The van der Waals surface area contributed by atoms with Crippen LogP contribution in [0.3, 0.4) is 0 Å². The van der Waals surface area contributed by atoms with E-state index in [4.69, 9.17) is 4.42 Å². The van der Waals surface area contributed by atoms with Gasteiger partial charge in [-0.15, -0.1) is 0 Å². The molecule has 5 nitrogen and oxygen atoms in total. The van der Waals surface area contributed by atoms with Gasteiger partial charge in [0, 0.05) is 25.0 Å². The topological polar surface area (TPSA) is 62.6 Å². The molecule has 1 saturated carbocycles. The second-order valence-electron chi connectivity index (χ2n) is 4.99. The zero-order valence-electron chi connectivity index (χ0n) is 10.1. The van der Waals surface area contributed by atoms with Crippen LogP contribution in [0.4, 0.5) is 0 Å². The Balaban J connectivity index is 1.53. The van der Waals surface area contributed by atoms with Crippen LogP contribution in [0.25, 0.3) is 0 Å². The second-order valence-corrected chi connectivity index (χ2v) is 4.99. The van der Waals surface area contributed by atoms with Crippen molar-refractivity contribution in [3.63, 3.8) is 0 Å². The first-order valence-electron chi connectivity index (χ1n) is 6.37. The van der Waals surface area contributed by atoms with Gasteiger partial charge in [0.2, 0.25) is 5.91 Å². The molecule has 3 rings (SSSR count). The summed E-state index contributed by atoms with van der Waals surface area (Å²) in [4.78, 5) is 25.5. The van der Waals surface area contributed by atoms with Crippen molar-refractivity contribution in [2.75, 3.05) is 13.1 Å². The fourth-order valence-corrected chi connectivity index (χ4v) is 2.33. The minimum absolute atomic E-state index is 0.0466. The van der Waals surface area contributed by atoms with Gasteiger partial charge in [-0.2, -0.15) is 0 Å². The predicted molar refractivity (Wildman–Crippen MR) is 63.9 cm³/mol. The van der Waals surface area contributed by atoms with Crippen molar-refractivity contribution in [1.29, 1.82) is 0 Å². The average Bonchev–Trinajstić information content (AvgIpc) is 2.90. The van der Waals surface area contributed by atoms with Crippen molar-refractivity contribution < 1.29 is 14.0 Å². The maximum atomic E-state index is 11.9. The van der Waals surface area contributed by atoms with Gasteiger partial charge in [-0.3, -0.25) is 9.59 Å². The average molecular weight is 248 g/mol. The molecule has 0 radical (unpaired) electrons. The van der Waals surface area contributed by atoms with E-state index in [-0.39, 0.29) is 23.8 Å². The Labute approximate surface area is 105 Å². The molecule has 2 amide bonds. The zero-order valence-corrected chi connectivity index (χ0v) is 10.1. The number of hydrogen-bond acceptors (Lipinski definition) is 3. The molecule has 1 unspecified atom stereocenters. The molecule has 2 aliphatic rings. The van der Waals surface area contributed by atoms with E-state index in [0.29, 0.717) is 12.3 Å². The van der Waals surface area contributed by atoms with E-state index >= 15 is 0 Å². The van der Waals surface area contributed by atoms with Crippen molar-refractivity contribution in [2.24, 2.45) is 5.92 Å². The number of carbonyl (C=O) groups is 2. The highest BCUT2D eigenvalue weighted by Crippen LogP contribution is 2.32. The van der Waals surface area contributed by atoms with Crippen LogP contribution in [0.1, 0.15) is 29.8 Å². The number of nitrogens with zero attached hydrogens (tertiary/aromatic N) is 1. The van der Waals surface area contributed by atoms with Gasteiger partial charge in [0.05, 0.1) is 6.26 Å². The summed E-state index contributed by atoms with van der Waals surface area (Å²) < 4.78 is 5.04. The Morgan fingerprint density at radius 3 is 2.83 bits per heavy atom. The monoisotopic (exact) mass is 248 g/mol. The maximum absolute atomic E-state index is 11.9. The molecule has 1 aromatic rings. The van der Waals surface area contributed by atoms with Crippen LogP contribution in [-0.4, -0.2) is 35.8 Å². The Bertz CT molecular complexity index is 451. The molecule has 96 valence electrons. The Kier molecular flexibility index (Phi) is 2.81. The lowest BCUT2D eigenvalue weighted by Gasteiger charge is -2.16. The molecule has 1 aromatic heterocycles. The molecule has 2 fully saturated rings. The second kappa shape index (κ2) is 4.48. The van der Waals surface area contributed by atoms with E-state index in [1.54, 1.807) is 12.1 Å². The van der Waals surface area contributed by atoms with Gasteiger partial charge in [0.1, 0.15) is 0 Å². The SMILES string of the molecule is O=C(NC1CCN(C(=O)C2CC2)C1)c1ccco1. The Morgan fingerprint density at radius 1 is 1.33 bits per heavy atom. The third-order valence-corrected chi connectivity index (χ3v) is 3.51. The van der Waals surface area contributed by atoms with E-state index in [1.807, 2.05) is 4.90 Å². The quantitative estimate of drug-likeness (QED) is 0.868. The van der Waals surface area contributed by atoms with Crippen LogP contribution >= 0.6 is 0 Å². The molecule has 2 heterocycles. The van der Waals surface area contributed by atoms with Crippen molar-refractivity contribution in [2.45, 2.75) is 25.3 Å². The third kappa shape index (κ3) is 2.25. The summed E-state index contributed by atoms with van der Waals surface area (Å²) in [6, 6.07) is 3.37. The minimum atomic E-state index is -0.203. The third-order valence-electron chi connectivity index (χ3n) is 3.51. The van der Waals surface area contributed by atoms with Crippen molar-refractivity contribution in [1.82, 2.24) is 10.2 Å². The van der Waals surface area contributed by atoms with Gasteiger partial charge >= 0.3 is 0 Å². The molecule has 0 spiro atoms. The fraction of sp³-hybridized carbons (Fsp3) is 0.538. The molecule has 0 aromatic carbocycles. The van der Waals surface area contributed by atoms with Gasteiger partial charge < -0.3 is 14.6 Å². The molecule has 18 heavy (non-hydrogen) atoms. The molecular weight excluding hydrogens is 232 g/mol. The van der Waals surface area contributed by atoms with Gasteiger partial charge in [-0.1, -0.05) is 0 Å². The molecule has 1 aliphatic carbocycles. The summed E-state index contributed by atoms with van der Waals surface area (Å²) in [5, 5.41) is 2.90. The first kappa shape index (κ1) is 11.3. The lowest BCUT2D eigenvalue weighted by molar-refractivity contribution is -0.131. The molecule has 5 heteroatoms. The van der Waals surface area contributed by atoms with Crippen LogP contribution in [0.5, 0.6) is 0 Å². The number of nitrogens with one attached hydrogen (secondary N) is 1.